The van der Waals surface area contributed by atoms with Gasteiger partial charge in [0.2, 0.25) is 11.8 Å². The van der Waals surface area contributed by atoms with Crippen LogP contribution >= 0.6 is 15.9 Å². The van der Waals surface area contributed by atoms with Crippen LogP contribution in [0.2, 0.25) is 0 Å². The van der Waals surface area contributed by atoms with Crippen molar-refractivity contribution < 1.29 is 14.0 Å². The molecule has 2 atom stereocenters. The largest absolute Gasteiger partial charge is 0.342 e. The molecule has 1 aromatic carbocycles. The second-order valence-electron chi connectivity index (χ2n) is 5.70. The molecule has 0 aromatic heterocycles. The van der Waals surface area contributed by atoms with Gasteiger partial charge in [-0.25, -0.2) is 4.39 Å². The third-order valence-electron chi connectivity index (χ3n) is 4.14. The van der Waals surface area contributed by atoms with E-state index in [0.29, 0.717) is 5.56 Å². The fourth-order valence-corrected chi connectivity index (χ4v) is 3.07. The molecule has 0 bridgehead atoms. The van der Waals surface area contributed by atoms with Crippen molar-refractivity contribution in [2.45, 2.75) is 38.4 Å². The van der Waals surface area contributed by atoms with Gasteiger partial charge in [0.1, 0.15) is 17.9 Å². The summed E-state index contributed by atoms with van der Waals surface area (Å²) in [6, 6.07) is 3.60. The monoisotopic (exact) mass is 354 g/mol. The fraction of sp³-hybridized carbons (Fsp3) is 0.467. The van der Waals surface area contributed by atoms with E-state index in [1.807, 2.05) is 0 Å². The van der Waals surface area contributed by atoms with Crippen molar-refractivity contribution in [1.29, 1.82) is 0 Å². The molecule has 2 amide bonds. The SMILES string of the molecule is CC1C(=O)NC(C2CC2)C(=O)N1Cc1cc(Br)ccc1F. The highest BCUT2D eigenvalue weighted by Crippen LogP contribution is 2.35. The van der Waals surface area contributed by atoms with Gasteiger partial charge in [0.25, 0.3) is 0 Å². The summed E-state index contributed by atoms with van der Waals surface area (Å²) in [5.41, 5.74) is 0.411. The molecule has 1 saturated heterocycles. The molecule has 1 heterocycles. The average Bonchev–Trinajstić information content (AvgIpc) is 3.27. The minimum absolute atomic E-state index is 0.107. The van der Waals surface area contributed by atoms with Crippen LogP contribution in [0.1, 0.15) is 25.3 Å². The van der Waals surface area contributed by atoms with Crippen LogP contribution in [0, 0.1) is 11.7 Å². The molecule has 2 unspecified atom stereocenters. The number of carbonyl (C=O) groups is 2. The molecule has 6 heteroatoms. The lowest BCUT2D eigenvalue weighted by molar-refractivity contribution is -0.150. The summed E-state index contributed by atoms with van der Waals surface area (Å²) in [5, 5.41) is 2.79. The Balaban J connectivity index is 1.85. The van der Waals surface area contributed by atoms with Crippen molar-refractivity contribution in [2.24, 2.45) is 5.92 Å². The van der Waals surface area contributed by atoms with Crippen LogP contribution in [-0.4, -0.2) is 28.8 Å². The van der Waals surface area contributed by atoms with Gasteiger partial charge in [-0.15, -0.1) is 0 Å². The second kappa shape index (κ2) is 5.40. The highest BCUT2D eigenvalue weighted by atomic mass is 79.9. The molecule has 1 N–H and O–H groups in total. The van der Waals surface area contributed by atoms with E-state index in [-0.39, 0.29) is 30.1 Å². The van der Waals surface area contributed by atoms with Gasteiger partial charge < -0.3 is 10.2 Å². The van der Waals surface area contributed by atoms with E-state index in [4.69, 9.17) is 0 Å². The Hall–Kier alpha value is -1.43. The second-order valence-corrected chi connectivity index (χ2v) is 6.62. The van der Waals surface area contributed by atoms with Gasteiger partial charge in [0.05, 0.1) is 0 Å². The van der Waals surface area contributed by atoms with Gasteiger partial charge in [-0.1, -0.05) is 15.9 Å². The number of nitrogens with one attached hydrogen (secondary N) is 1. The van der Waals surface area contributed by atoms with Crippen LogP contribution in [0.25, 0.3) is 0 Å². The molecule has 4 nitrogen and oxygen atoms in total. The van der Waals surface area contributed by atoms with Crippen molar-refractivity contribution in [3.63, 3.8) is 0 Å². The normalized spacial score (nSPS) is 26.0. The third kappa shape index (κ3) is 2.81. The van der Waals surface area contributed by atoms with Crippen molar-refractivity contribution >= 4 is 27.7 Å². The first-order chi connectivity index (χ1) is 9.97. The number of piperazine rings is 1. The van der Waals surface area contributed by atoms with Crippen molar-refractivity contribution in [1.82, 2.24) is 10.2 Å². The molecule has 21 heavy (non-hydrogen) atoms. The molecular weight excluding hydrogens is 339 g/mol. The van der Waals surface area contributed by atoms with E-state index in [2.05, 4.69) is 21.2 Å². The molecule has 0 spiro atoms. The first-order valence-electron chi connectivity index (χ1n) is 7.02. The maximum atomic E-state index is 13.9. The third-order valence-corrected chi connectivity index (χ3v) is 4.63. The summed E-state index contributed by atoms with van der Waals surface area (Å²) in [7, 11) is 0. The average molecular weight is 355 g/mol. The molecule has 1 saturated carbocycles. The molecule has 2 fully saturated rings. The molecule has 112 valence electrons. The molecule has 3 rings (SSSR count). The van der Waals surface area contributed by atoms with E-state index < -0.39 is 12.1 Å². The summed E-state index contributed by atoms with van der Waals surface area (Å²) in [5.74, 6) is -0.401. The van der Waals surface area contributed by atoms with Crippen molar-refractivity contribution in [3.05, 3.63) is 34.1 Å². The topological polar surface area (TPSA) is 49.4 Å². The summed E-state index contributed by atoms with van der Waals surface area (Å²) in [4.78, 5) is 26.0. The predicted molar refractivity (Wildman–Crippen MR) is 78.8 cm³/mol. The summed E-state index contributed by atoms with van der Waals surface area (Å²) < 4.78 is 14.6. The zero-order chi connectivity index (χ0) is 15.1. The van der Waals surface area contributed by atoms with Crippen LogP contribution in [0.5, 0.6) is 0 Å². The first-order valence-corrected chi connectivity index (χ1v) is 7.81. The van der Waals surface area contributed by atoms with Crippen molar-refractivity contribution in [2.75, 3.05) is 0 Å². The van der Waals surface area contributed by atoms with Crippen LogP contribution < -0.4 is 5.32 Å². The Morgan fingerprint density at radius 2 is 2.10 bits per heavy atom. The smallest absolute Gasteiger partial charge is 0.246 e. The number of carbonyl (C=O) groups excluding carboxylic acids is 2. The Morgan fingerprint density at radius 3 is 2.76 bits per heavy atom. The van der Waals surface area contributed by atoms with E-state index in [0.717, 1.165) is 17.3 Å². The number of hydrogen-bond donors (Lipinski definition) is 1. The zero-order valence-electron chi connectivity index (χ0n) is 11.6. The van der Waals surface area contributed by atoms with E-state index in [1.54, 1.807) is 19.1 Å². The Bertz CT molecular complexity index is 603. The van der Waals surface area contributed by atoms with Gasteiger partial charge in [0.15, 0.2) is 0 Å². The van der Waals surface area contributed by atoms with Crippen LogP contribution in [0.4, 0.5) is 4.39 Å². The minimum Gasteiger partial charge on any atom is -0.342 e. The van der Waals surface area contributed by atoms with Gasteiger partial charge in [-0.2, -0.15) is 0 Å². The zero-order valence-corrected chi connectivity index (χ0v) is 13.2. The predicted octanol–water partition coefficient (Wildman–Crippen LogP) is 2.21. The number of halogens is 2. The summed E-state index contributed by atoms with van der Waals surface area (Å²) >= 11 is 3.30. The highest BCUT2D eigenvalue weighted by Gasteiger charge is 2.45. The molecular formula is C15H16BrFN2O2. The van der Waals surface area contributed by atoms with Crippen molar-refractivity contribution in [3.8, 4) is 0 Å². The quantitative estimate of drug-likeness (QED) is 0.904. The highest BCUT2D eigenvalue weighted by molar-refractivity contribution is 9.10. The summed E-state index contributed by atoms with van der Waals surface area (Å²) in [6.45, 7) is 1.79. The Kier molecular flexibility index (Phi) is 3.73. The minimum atomic E-state index is -0.578. The summed E-state index contributed by atoms with van der Waals surface area (Å²) in [6.07, 6.45) is 1.92. The van der Waals surface area contributed by atoms with Crippen LogP contribution in [-0.2, 0) is 16.1 Å². The lowest BCUT2D eigenvalue weighted by Gasteiger charge is -2.37. The number of nitrogens with zero attached hydrogens (tertiary/aromatic N) is 1. The molecule has 0 radical (unpaired) electrons. The molecule has 1 aliphatic heterocycles. The molecule has 1 aromatic rings. The van der Waals surface area contributed by atoms with Gasteiger partial charge in [0, 0.05) is 16.6 Å². The number of hydrogen-bond acceptors (Lipinski definition) is 2. The molecule has 2 aliphatic rings. The Labute approximate surface area is 130 Å². The maximum Gasteiger partial charge on any atom is 0.246 e. The van der Waals surface area contributed by atoms with Crippen LogP contribution in [0.3, 0.4) is 0 Å². The van der Waals surface area contributed by atoms with E-state index >= 15 is 0 Å². The fourth-order valence-electron chi connectivity index (χ4n) is 2.66. The lowest BCUT2D eigenvalue weighted by atomic mass is 10.0. The standard InChI is InChI=1S/C15H16BrFN2O2/c1-8-14(20)18-13(9-2-3-9)15(21)19(8)7-10-6-11(16)4-5-12(10)17/h4-6,8-9,13H,2-3,7H2,1H3,(H,18,20). The number of benzene rings is 1. The molecule has 1 aliphatic carbocycles. The van der Waals surface area contributed by atoms with Gasteiger partial charge >= 0.3 is 0 Å². The van der Waals surface area contributed by atoms with Gasteiger partial charge in [-0.05, 0) is 43.9 Å². The van der Waals surface area contributed by atoms with E-state index in [9.17, 15) is 14.0 Å². The number of amides is 2. The van der Waals surface area contributed by atoms with Crippen LogP contribution in [0.15, 0.2) is 22.7 Å². The van der Waals surface area contributed by atoms with Gasteiger partial charge in [-0.3, -0.25) is 9.59 Å². The van der Waals surface area contributed by atoms with E-state index in [1.165, 1.54) is 11.0 Å². The lowest BCUT2D eigenvalue weighted by Crippen LogP contribution is -2.62. The first kappa shape index (κ1) is 14.5. The maximum absolute atomic E-state index is 13.9. The number of rotatable bonds is 3. The Morgan fingerprint density at radius 1 is 1.38 bits per heavy atom.